The van der Waals surface area contributed by atoms with Gasteiger partial charge in [0.1, 0.15) is 0 Å². The van der Waals surface area contributed by atoms with Gasteiger partial charge in [-0.05, 0) is 19.4 Å². The van der Waals surface area contributed by atoms with Crippen LogP contribution in [0.3, 0.4) is 0 Å². The van der Waals surface area contributed by atoms with Crippen molar-refractivity contribution in [3.63, 3.8) is 0 Å². The number of aryl methyl sites for hydroxylation is 1. The van der Waals surface area contributed by atoms with E-state index in [0.29, 0.717) is 23.6 Å². The quantitative estimate of drug-likeness (QED) is 0.617. The van der Waals surface area contributed by atoms with Crippen molar-refractivity contribution < 1.29 is 0 Å². The Bertz CT molecular complexity index is 1070. The number of fused-ring (bicyclic) bond motifs is 1. The average Bonchev–Trinajstić information content (AvgIpc) is 3.22. The molecule has 1 N–H and O–H groups in total. The van der Waals surface area contributed by atoms with Crippen molar-refractivity contribution in [2.75, 3.05) is 0 Å². The summed E-state index contributed by atoms with van der Waals surface area (Å²) in [5.41, 5.74) is 3.63. The van der Waals surface area contributed by atoms with Gasteiger partial charge >= 0.3 is 0 Å². The summed E-state index contributed by atoms with van der Waals surface area (Å²) < 4.78 is 3.06. The number of hydrogen-bond donors (Lipinski definition) is 1. The van der Waals surface area contributed by atoms with Gasteiger partial charge in [0.25, 0.3) is 5.56 Å². The van der Waals surface area contributed by atoms with E-state index in [9.17, 15) is 4.79 Å². The lowest BCUT2D eigenvalue weighted by Crippen LogP contribution is -2.21. The summed E-state index contributed by atoms with van der Waals surface area (Å²) in [6.45, 7) is 3.81. The van der Waals surface area contributed by atoms with Gasteiger partial charge < -0.3 is 0 Å². The molecule has 0 aliphatic heterocycles. The van der Waals surface area contributed by atoms with Crippen molar-refractivity contribution in [2.45, 2.75) is 20.3 Å². The first-order valence-corrected chi connectivity index (χ1v) is 7.61. The molecule has 24 heavy (non-hydrogen) atoms. The Morgan fingerprint density at radius 3 is 2.79 bits per heavy atom. The van der Waals surface area contributed by atoms with E-state index in [1.165, 1.54) is 4.52 Å². The van der Waals surface area contributed by atoms with Crippen LogP contribution >= 0.6 is 0 Å². The van der Waals surface area contributed by atoms with Crippen molar-refractivity contribution in [3.8, 4) is 17.1 Å². The molecule has 4 aromatic heterocycles. The van der Waals surface area contributed by atoms with E-state index in [2.05, 4.69) is 25.1 Å². The van der Waals surface area contributed by atoms with Crippen LogP contribution < -0.4 is 5.56 Å². The van der Waals surface area contributed by atoms with Crippen molar-refractivity contribution in [1.82, 2.24) is 34.3 Å². The lowest BCUT2D eigenvalue weighted by atomic mass is 10.1. The molecule has 0 bridgehead atoms. The van der Waals surface area contributed by atoms with Gasteiger partial charge in [-0.3, -0.25) is 9.89 Å². The lowest BCUT2D eigenvalue weighted by molar-refractivity contribution is 0.808. The number of hydrogen-bond acceptors (Lipinski definition) is 5. The highest BCUT2D eigenvalue weighted by molar-refractivity contribution is 5.76. The summed E-state index contributed by atoms with van der Waals surface area (Å²) in [6.07, 6.45) is 9.24. The second-order valence-corrected chi connectivity index (χ2v) is 5.40. The number of aromatic amines is 1. The molecule has 0 fully saturated rings. The largest absolute Gasteiger partial charge is 0.296 e. The molecule has 8 nitrogen and oxygen atoms in total. The van der Waals surface area contributed by atoms with Crippen LogP contribution in [0, 0.1) is 6.92 Å². The molecule has 0 spiro atoms. The molecule has 0 saturated carbocycles. The zero-order valence-corrected chi connectivity index (χ0v) is 13.3. The Morgan fingerprint density at radius 1 is 1.25 bits per heavy atom. The summed E-state index contributed by atoms with van der Waals surface area (Å²) in [4.78, 5) is 25.4. The molecular formula is C16H15N7O. The number of rotatable bonds is 3. The van der Waals surface area contributed by atoms with Gasteiger partial charge in [0, 0.05) is 47.2 Å². The molecule has 4 heterocycles. The SMILES string of the molecule is CCc1c(C)nc2c(-c3cnn(-c4ncccn4)c3)c[nH]n2c1=O. The molecule has 0 radical (unpaired) electrons. The van der Waals surface area contributed by atoms with Gasteiger partial charge in [-0.1, -0.05) is 6.92 Å². The normalized spacial score (nSPS) is 11.2. The van der Waals surface area contributed by atoms with E-state index >= 15 is 0 Å². The summed E-state index contributed by atoms with van der Waals surface area (Å²) in [6, 6.07) is 1.75. The minimum Gasteiger partial charge on any atom is -0.296 e. The molecule has 0 unspecified atom stereocenters. The van der Waals surface area contributed by atoms with Crippen LogP contribution in [-0.2, 0) is 6.42 Å². The number of H-pyrrole nitrogens is 1. The van der Waals surface area contributed by atoms with E-state index < -0.39 is 0 Å². The molecule has 0 saturated heterocycles. The molecule has 0 amide bonds. The van der Waals surface area contributed by atoms with Crippen molar-refractivity contribution in [2.24, 2.45) is 0 Å². The van der Waals surface area contributed by atoms with Crippen molar-refractivity contribution >= 4 is 5.65 Å². The van der Waals surface area contributed by atoms with Gasteiger partial charge in [0.15, 0.2) is 5.65 Å². The van der Waals surface area contributed by atoms with E-state index in [1.54, 1.807) is 35.5 Å². The molecule has 0 aliphatic rings. The predicted octanol–water partition coefficient (Wildman–Crippen LogP) is 1.54. The van der Waals surface area contributed by atoms with E-state index in [-0.39, 0.29) is 5.56 Å². The number of nitrogens with one attached hydrogen (secondary N) is 1. The summed E-state index contributed by atoms with van der Waals surface area (Å²) in [5.74, 6) is 0.484. The van der Waals surface area contributed by atoms with Crippen LogP contribution in [0.1, 0.15) is 18.2 Å². The Balaban J connectivity index is 1.86. The topological polar surface area (TPSA) is 93.8 Å². The third kappa shape index (κ3) is 2.11. The van der Waals surface area contributed by atoms with Crippen LogP contribution in [0.15, 0.2) is 41.8 Å². The first kappa shape index (κ1) is 14.3. The third-order valence-corrected chi connectivity index (χ3v) is 3.97. The van der Waals surface area contributed by atoms with Gasteiger partial charge in [-0.25, -0.2) is 24.1 Å². The van der Waals surface area contributed by atoms with Gasteiger partial charge in [0.2, 0.25) is 5.95 Å². The van der Waals surface area contributed by atoms with Crippen molar-refractivity contribution in [1.29, 1.82) is 0 Å². The zero-order valence-electron chi connectivity index (χ0n) is 13.3. The summed E-state index contributed by atoms with van der Waals surface area (Å²) in [7, 11) is 0. The van der Waals surface area contributed by atoms with Crippen LogP contribution in [0.4, 0.5) is 0 Å². The molecular weight excluding hydrogens is 306 g/mol. The Kier molecular flexibility index (Phi) is 3.23. The number of aromatic nitrogens is 7. The number of nitrogens with zero attached hydrogens (tertiary/aromatic N) is 6. The van der Waals surface area contributed by atoms with Crippen LogP contribution in [0.2, 0.25) is 0 Å². The smallest absolute Gasteiger partial charge is 0.276 e. The predicted molar refractivity (Wildman–Crippen MR) is 88.1 cm³/mol. The summed E-state index contributed by atoms with van der Waals surface area (Å²) in [5, 5.41) is 7.27. The Hall–Kier alpha value is -3.29. The van der Waals surface area contributed by atoms with Crippen LogP contribution in [0.5, 0.6) is 0 Å². The lowest BCUT2D eigenvalue weighted by Gasteiger charge is -2.03. The molecule has 8 heteroatoms. The fraction of sp³-hybridized carbons (Fsp3) is 0.188. The van der Waals surface area contributed by atoms with E-state index in [0.717, 1.165) is 16.8 Å². The summed E-state index contributed by atoms with van der Waals surface area (Å²) >= 11 is 0. The molecule has 4 rings (SSSR count). The molecule has 0 aliphatic carbocycles. The minimum atomic E-state index is -0.0648. The van der Waals surface area contributed by atoms with E-state index in [1.807, 2.05) is 20.0 Å². The Morgan fingerprint density at radius 2 is 2.04 bits per heavy atom. The minimum absolute atomic E-state index is 0.0648. The van der Waals surface area contributed by atoms with E-state index in [4.69, 9.17) is 0 Å². The highest BCUT2D eigenvalue weighted by Gasteiger charge is 2.15. The Labute approximate surface area is 136 Å². The van der Waals surface area contributed by atoms with Gasteiger partial charge in [-0.15, -0.1) is 0 Å². The highest BCUT2D eigenvalue weighted by Crippen LogP contribution is 2.23. The first-order valence-electron chi connectivity index (χ1n) is 7.61. The second-order valence-electron chi connectivity index (χ2n) is 5.40. The maximum Gasteiger partial charge on any atom is 0.276 e. The molecule has 4 aromatic rings. The third-order valence-electron chi connectivity index (χ3n) is 3.97. The zero-order chi connectivity index (χ0) is 16.7. The maximum absolute atomic E-state index is 12.5. The maximum atomic E-state index is 12.5. The van der Waals surface area contributed by atoms with Gasteiger partial charge in [-0.2, -0.15) is 5.10 Å². The fourth-order valence-electron chi connectivity index (χ4n) is 2.76. The molecule has 0 atom stereocenters. The fourth-order valence-corrected chi connectivity index (χ4v) is 2.76. The highest BCUT2D eigenvalue weighted by atomic mass is 16.1. The molecule has 120 valence electrons. The second kappa shape index (κ2) is 5.41. The van der Waals surface area contributed by atoms with Crippen LogP contribution in [-0.4, -0.2) is 34.3 Å². The monoisotopic (exact) mass is 321 g/mol. The molecule has 0 aromatic carbocycles. The first-order chi connectivity index (χ1) is 11.7. The standard InChI is InChI=1S/C16H15N7O/c1-3-12-10(2)21-14-13(8-20-23(14)15(12)24)11-7-19-22(9-11)16-17-5-4-6-18-16/h4-9,20H,3H2,1-2H3. The van der Waals surface area contributed by atoms with Crippen LogP contribution in [0.25, 0.3) is 22.7 Å². The van der Waals surface area contributed by atoms with Gasteiger partial charge in [0.05, 0.1) is 6.20 Å². The van der Waals surface area contributed by atoms with Crippen molar-refractivity contribution in [3.05, 3.63) is 58.7 Å². The average molecular weight is 321 g/mol.